The van der Waals surface area contributed by atoms with Gasteiger partial charge in [0.2, 0.25) is 0 Å². The summed E-state index contributed by atoms with van der Waals surface area (Å²) in [6.07, 6.45) is 2.87. The summed E-state index contributed by atoms with van der Waals surface area (Å²) in [5.41, 5.74) is 0. The van der Waals surface area contributed by atoms with Crippen LogP contribution in [0.4, 0.5) is 5.88 Å². The molecule has 1 atom stereocenters. The Labute approximate surface area is 114 Å². The molecule has 2 aromatic heterocycles. The highest BCUT2D eigenvalue weighted by atomic mass is 32.1. The number of hydrogen-bond acceptors (Lipinski definition) is 6. The molecule has 0 aliphatic carbocycles. The molecule has 2 aromatic rings. The predicted octanol–water partition coefficient (Wildman–Crippen LogP) is 3.06. The lowest BCUT2D eigenvalue weighted by molar-refractivity contribution is -0.402. The number of hydrogen-bond donors (Lipinski definition) is 1. The molecule has 19 heavy (non-hydrogen) atoms. The molecule has 0 amide bonds. The van der Waals surface area contributed by atoms with E-state index >= 15 is 0 Å². The topological polar surface area (TPSA) is 81.2 Å². The van der Waals surface area contributed by atoms with Crippen LogP contribution in [0, 0.1) is 10.1 Å². The molecule has 0 spiro atoms. The molecule has 0 saturated heterocycles. The molecule has 102 valence electrons. The van der Waals surface area contributed by atoms with Crippen LogP contribution in [0.25, 0.3) is 0 Å². The van der Waals surface area contributed by atoms with E-state index in [1.807, 2.05) is 13.1 Å². The molecule has 6 nitrogen and oxygen atoms in total. The summed E-state index contributed by atoms with van der Waals surface area (Å²) in [6.45, 7) is 4.54. The van der Waals surface area contributed by atoms with Crippen LogP contribution in [0.3, 0.4) is 0 Å². The van der Waals surface area contributed by atoms with Crippen molar-refractivity contribution in [3.8, 4) is 0 Å². The van der Waals surface area contributed by atoms with E-state index in [0.29, 0.717) is 12.3 Å². The number of aromatic nitrogens is 1. The van der Waals surface area contributed by atoms with E-state index in [0.717, 1.165) is 11.4 Å². The van der Waals surface area contributed by atoms with Gasteiger partial charge in [0.25, 0.3) is 0 Å². The molecule has 0 fully saturated rings. The molecular formula is C12H15N3O3S. The van der Waals surface area contributed by atoms with Crippen molar-refractivity contribution in [2.75, 3.05) is 0 Å². The zero-order valence-corrected chi connectivity index (χ0v) is 11.6. The third kappa shape index (κ3) is 3.39. The van der Waals surface area contributed by atoms with Gasteiger partial charge in [-0.25, -0.2) is 4.98 Å². The average Bonchev–Trinajstić information content (AvgIpc) is 3.04. The Kier molecular flexibility index (Phi) is 4.28. The molecule has 1 N–H and O–H groups in total. The van der Waals surface area contributed by atoms with E-state index in [4.69, 9.17) is 4.42 Å². The first-order chi connectivity index (χ1) is 9.10. The van der Waals surface area contributed by atoms with Crippen LogP contribution in [0.15, 0.2) is 22.7 Å². The lowest BCUT2D eigenvalue weighted by atomic mass is 10.3. The third-order valence-corrected chi connectivity index (χ3v) is 4.02. The summed E-state index contributed by atoms with van der Waals surface area (Å²) in [6, 6.07) is 3.06. The molecule has 0 radical (unpaired) electrons. The van der Waals surface area contributed by atoms with Gasteiger partial charge in [0, 0.05) is 11.1 Å². The smallest absolute Gasteiger partial charge is 0.404 e. The fourth-order valence-electron chi connectivity index (χ4n) is 1.59. The number of nitrogens with one attached hydrogen (secondary N) is 1. The van der Waals surface area contributed by atoms with E-state index < -0.39 is 4.92 Å². The number of nitro groups is 1. The van der Waals surface area contributed by atoms with Crippen molar-refractivity contribution in [1.82, 2.24) is 10.3 Å². The van der Waals surface area contributed by atoms with Gasteiger partial charge in [-0.15, -0.1) is 11.3 Å². The van der Waals surface area contributed by atoms with Gasteiger partial charge < -0.3 is 9.73 Å². The van der Waals surface area contributed by atoms with Crippen LogP contribution in [0.1, 0.15) is 35.5 Å². The predicted molar refractivity (Wildman–Crippen MR) is 72.1 cm³/mol. The second-order valence-electron chi connectivity index (χ2n) is 4.12. The van der Waals surface area contributed by atoms with Crippen LogP contribution < -0.4 is 5.32 Å². The standard InChI is InChI=1S/C12H15N3O3S/c1-3-10-7-14-12(19-10)8(2)13-6-9-4-5-11(18-9)15(16)17/h4-5,7-8,13H,3,6H2,1-2H3. The van der Waals surface area contributed by atoms with Crippen LogP contribution in [-0.2, 0) is 13.0 Å². The largest absolute Gasteiger partial charge is 0.433 e. The summed E-state index contributed by atoms with van der Waals surface area (Å²) in [4.78, 5) is 15.5. The first-order valence-electron chi connectivity index (χ1n) is 6.01. The second kappa shape index (κ2) is 5.94. The maximum Gasteiger partial charge on any atom is 0.433 e. The number of thiazole rings is 1. The molecule has 0 aliphatic rings. The monoisotopic (exact) mass is 281 g/mol. The number of rotatable bonds is 6. The minimum atomic E-state index is -0.540. The maximum atomic E-state index is 10.5. The lowest BCUT2D eigenvalue weighted by Crippen LogP contribution is -2.17. The fourth-order valence-corrected chi connectivity index (χ4v) is 2.47. The van der Waals surface area contributed by atoms with Crippen LogP contribution in [0.5, 0.6) is 0 Å². The molecular weight excluding hydrogens is 266 g/mol. The Balaban J connectivity index is 1.92. The van der Waals surface area contributed by atoms with Crippen molar-refractivity contribution in [3.63, 3.8) is 0 Å². The first-order valence-corrected chi connectivity index (χ1v) is 6.83. The van der Waals surface area contributed by atoms with Gasteiger partial charge in [0.15, 0.2) is 0 Å². The van der Waals surface area contributed by atoms with Gasteiger partial charge in [0.05, 0.1) is 18.7 Å². The third-order valence-electron chi connectivity index (χ3n) is 2.70. The molecule has 2 rings (SSSR count). The summed E-state index contributed by atoms with van der Waals surface area (Å²) >= 11 is 1.67. The molecule has 0 aromatic carbocycles. The van der Waals surface area contributed by atoms with Crippen LogP contribution >= 0.6 is 11.3 Å². The van der Waals surface area contributed by atoms with Gasteiger partial charge in [0.1, 0.15) is 15.7 Å². The zero-order valence-electron chi connectivity index (χ0n) is 10.8. The van der Waals surface area contributed by atoms with Gasteiger partial charge in [-0.05, 0) is 19.4 Å². The van der Waals surface area contributed by atoms with Crippen molar-refractivity contribution < 1.29 is 9.34 Å². The molecule has 0 bridgehead atoms. The summed E-state index contributed by atoms with van der Waals surface area (Å²) in [5.74, 6) is 0.317. The summed E-state index contributed by atoms with van der Waals surface area (Å²) in [5, 5.41) is 14.7. The normalized spacial score (nSPS) is 12.5. The van der Waals surface area contributed by atoms with E-state index in [-0.39, 0.29) is 11.9 Å². The van der Waals surface area contributed by atoms with Crippen molar-refractivity contribution in [3.05, 3.63) is 44.1 Å². The Bertz CT molecular complexity index is 564. The molecule has 0 aliphatic heterocycles. The van der Waals surface area contributed by atoms with Gasteiger partial charge >= 0.3 is 5.88 Å². The van der Waals surface area contributed by atoms with Crippen molar-refractivity contribution in [1.29, 1.82) is 0 Å². The highest BCUT2D eigenvalue weighted by molar-refractivity contribution is 7.11. The number of furan rings is 1. The average molecular weight is 281 g/mol. The minimum Gasteiger partial charge on any atom is -0.404 e. The number of nitrogens with zero attached hydrogens (tertiary/aromatic N) is 2. The highest BCUT2D eigenvalue weighted by Gasteiger charge is 2.14. The summed E-state index contributed by atoms with van der Waals surface area (Å²) in [7, 11) is 0. The van der Waals surface area contributed by atoms with Crippen LogP contribution in [0.2, 0.25) is 0 Å². The molecule has 2 heterocycles. The van der Waals surface area contributed by atoms with Crippen LogP contribution in [-0.4, -0.2) is 9.91 Å². The van der Waals surface area contributed by atoms with E-state index in [1.165, 1.54) is 10.9 Å². The van der Waals surface area contributed by atoms with E-state index in [1.54, 1.807) is 17.4 Å². The van der Waals surface area contributed by atoms with Crippen molar-refractivity contribution >= 4 is 17.2 Å². The molecule has 0 saturated carbocycles. The Hall–Kier alpha value is -1.73. The Morgan fingerprint density at radius 2 is 2.37 bits per heavy atom. The lowest BCUT2D eigenvalue weighted by Gasteiger charge is -2.08. The zero-order chi connectivity index (χ0) is 13.8. The first kappa shape index (κ1) is 13.7. The highest BCUT2D eigenvalue weighted by Crippen LogP contribution is 2.21. The molecule has 1 unspecified atom stereocenters. The minimum absolute atomic E-state index is 0.0921. The van der Waals surface area contributed by atoms with E-state index in [2.05, 4.69) is 17.2 Å². The van der Waals surface area contributed by atoms with Crippen molar-refractivity contribution in [2.24, 2.45) is 0 Å². The maximum absolute atomic E-state index is 10.5. The van der Waals surface area contributed by atoms with E-state index in [9.17, 15) is 10.1 Å². The van der Waals surface area contributed by atoms with Gasteiger partial charge in [-0.3, -0.25) is 10.1 Å². The second-order valence-corrected chi connectivity index (χ2v) is 5.26. The van der Waals surface area contributed by atoms with Gasteiger partial charge in [-0.2, -0.15) is 0 Å². The Morgan fingerprint density at radius 3 is 2.95 bits per heavy atom. The SMILES string of the molecule is CCc1cnc(C(C)NCc2ccc([N+](=O)[O-])o2)s1. The van der Waals surface area contributed by atoms with Gasteiger partial charge in [-0.1, -0.05) is 6.92 Å². The quantitative estimate of drug-likeness (QED) is 0.650. The summed E-state index contributed by atoms with van der Waals surface area (Å²) < 4.78 is 5.08. The fraction of sp³-hybridized carbons (Fsp3) is 0.417. The molecule has 7 heteroatoms. The van der Waals surface area contributed by atoms with Crippen molar-refractivity contribution in [2.45, 2.75) is 32.9 Å². The number of aryl methyl sites for hydroxylation is 1. The Morgan fingerprint density at radius 1 is 1.58 bits per heavy atom.